The molecule has 0 saturated heterocycles. The molecule has 0 spiro atoms. The highest BCUT2D eigenvalue weighted by molar-refractivity contribution is 8.16. The predicted octanol–water partition coefficient (Wildman–Crippen LogP) is 4.87. The molecule has 4 rings (SSSR count). The van der Waals surface area contributed by atoms with Crippen molar-refractivity contribution < 1.29 is 23.4 Å². The molecule has 10 heteroatoms. The maximum absolute atomic E-state index is 13.4. The van der Waals surface area contributed by atoms with Crippen LogP contribution in [-0.2, 0) is 34.1 Å². The summed E-state index contributed by atoms with van der Waals surface area (Å²) in [4.78, 5) is 11.1. The number of nitrogens with zero attached hydrogens (tertiary/aromatic N) is 1. The van der Waals surface area contributed by atoms with Gasteiger partial charge in [-0.05, 0) is 73.3 Å². The molecule has 2 atom stereocenters. The second-order valence-corrected chi connectivity index (χ2v) is 15.9. The number of carboxylic acids is 1. The highest BCUT2D eigenvalue weighted by atomic mass is 35.5. The number of carbonyl (C=O) groups is 1. The topological polar surface area (TPSA) is 107 Å². The van der Waals surface area contributed by atoms with Gasteiger partial charge >= 0.3 is 5.97 Å². The zero-order valence-electron chi connectivity index (χ0n) is 23.3. The van der Waals surface area contributed by atoms with Crippen LogP contribution in [0.25, 0.3) is 5.57 Å². The van der Waals surface area contributed by atoms with Crippen LogP contribution in [-0.4, -0.2) is 65.3 Å². The maximum Gasteiger partial charge on any atom is 0.303 e. The van der Waals surface area contributed by atoms with Crippen LogP contribution >= 0.6 is 23.4 Å². The van der Waals surface area contributed by atoms with Gasteiger partial charge in [0.2, 0.25) is 10.0 Å². The SMILES string of the molecule is CN(C[C@H](O)CNC(C)(C)CC1Cc2ccccc2C1)S(=O)(=O)C1CC(c2ccccc2CCC(=O)O)=C(Cl)S1. The number of allylic oxidation sites excluding steroid dienone is 1. The standard InChI is InChI=1S/C30H39ClN2O5S2/c1-30(2,17-20-14-22-9-4-5-10-23(22)15-20)32-18-24(34)19-33(3)40(37,38)28-16-26(29(31)39-28)25-11-7-6-8-21(25)12-13-27(35)36/h4-11,20,24,28,32,34H,12-19H2,1-3H3,(H,35,36)/t24-,28?/m1/s1. The van der Waals surface area contributed by atoms with E-state index < -0.39 is 26.7 Å². The van der Waals surface area contributed by atoms with Crippen molar-refractivity contribution in [2.45, 2.75) is 68.6 Å². The van der Waals surface area contributed by atoms with Gasteiger partial charge in [0.15, 0.2) is 0 Å². The highest BCUT2D eigenvalue weighted by Gasteiger charge is 2.38. The Kier molecular flexibility index (Phi) is 10.1. The van der Waals surface area contributed by atoms with E-state index in [0.29, 0.717) is 22.3 Å². The first-order chi connectivity index (χ1) is 18.9. The second kappa shape index (κ2) is 13.0. The number of thioether (sulfide) groups is 1. The van der Waals surface area contributed by atoms with Gasteiger partial charge in [-0.15, -0.1) is 0 Å². The third-order valence-corrected chi connectivity index (χ3v) is 12.0. The minimum absolute atomic E-state index is 0.0173. The summed E-state index contributed by atoms with van der Waals surface area (Å²) in [6.45, 7) is 4.51. The van der Waals surface area contributed by atoms with Crippen LogP contribution < -0.4 is 5.32 Å². The van der Waals surface area contributed by atoms with Crippen molar-refractivity contribution in [3.8, 4) is 0 Å². The van der Waals surface area contributed by atoms with E-state index in [-0.39, 0.29) is 31.5 Å². The van der Waals surface area contributed by atoms with E-state index in [1.807, 2.05) is 24.3 Å². The van der Waals surface area contributed by atoms with Crippen LogP contribution in [0.5, 0.6) is 0 Å². The molecule has 2 aliphatic rings. The average Bonchev–Trinajstić information content (AvgIpc) is 3.49. The summed E-state index contributed by atoms with van der Waals surface area (Å²) in [6, 6.07) is 15.9. The van der Waals surface area contributed by atoms with Crippen molar-refractivity contribution in [1.82, 2.24) is 9.62 Å². The number of hydrogen-bond donors (Lipinski definition) is 3. The molecule has 2 aromatic carbocycles. The Morgan fingerprint density at radius 3 is 2.40 bits per heavy atom. The van der Waals surface area contributed by atoms with E-state index >= 15 is 0 Å². The molecule has 0 saturated carbocycles. The van der Waals surface area contributed by atoms with Gasteiger partial charge in [0.25, 0.3) is 0 Å². The molecule has 3 N–H and O–H groups in total. The third kappa shape index (κ3) is 7.69. The van der Waals surface area contributed by atoms with Gasteiger partial charge in [-0.3, -0.25) is 4.79 Å². The largest absolute Gasteiger partial charge is 0.481 e. The van der Waals surface area contributed by atoms with Crippen LogP contribution in [0.4, 0.5) is 0 Å². The van der Waals surface area contributed by atoms with Crippen LogP contribution in [0.15, 0.2) is 52.9 Å². The number of rotatable bonds is 13. The lowest BCUT2D eigenvalue weighted by atomic mass is 9.88. The molecule has 1 aliphatic heterocycles. The van der Waals surface area contributed by atoms with Crippen LogP contribution in [0, 0.1) is 5.92 Å². The Bertz CT molecular complexity index is 1340. The normalized spacial score (nSPS) is 18.9. The Morgan fingerprint density at radius 1 is 1.12 bits per heavy atom. The quantitative estimate of drug-likeness (QED) is 0.299. The van der Waals surface area contributed by atoms with Crippen LogP contribution in [0.3, 0.4) is 0 Å². The summed E-state index contributed by atoms with van der Waals surface area (Å²) in [7, 11) is -2.27. The molecular formula is C30H39ClN2O5S2. The molecule has 2 aromatic rings. The number of sulfonamides is 1. The lowest BCUT2D eigenvalue weighted by molar-refractivity contribution is -0.136. The van der Waals surface area contributed by atoms with E-state index in [4.69, 9.17) is 16.7 Å². The van der Waals surface area contributed by atoms with Crippen LogP contribution in [0.2, 0.25) is 0 Å². The lowest BCUT2D eigenvalue weighted by Crippen LogP contribution is -2.48. The Labute approximate surface area is 247 Å². The first-order valence-corrected chi connectivity index (χ1v) is 16.4. The van der Waals surface area contributed by atoms with Gasteiger partial charge in [-0.2, -0.15) is 0 Å². The number of aliphatic carboxylic acids is 1. The number of carboxylic acid groups (broad SMARTS) is 1. The third-order valence-electron chi connectivity index (χ3n) is 7.78. The van der Waals surface area contributed by atoms with Gasteiger partial charge in [0, 0.05) is 38.5 Å². The molecule has 7 nitrogen and oxygen atoms in total. The summed E-state index contributed by atoms with van der Waals surface area (Å²) < 4.78 is 27.7. The fourth-order valence-electron chi connectivity index (χ4n) is 5.78. The first kappa shape index (κ1) is 31.1. The van der Waals surface area contributed by atoms with E-state index in [9.17, 15) is 18.3 Å². The number of benzene rings is 2. The van der Waals surface area contributed by atoms with Crippen molar-refractivity contribution in [3.63, 3.8) is 0 Å². The van der Waals surface area contributed by atoms with E-state index in [2.05, 4.69) is 43.4 Å². The maximum atomic E-state index is 13.4. The Hall–Kier alpha value is -1.88. The monoisotopic (exact) mass is 606 g/mol. The summed E-state index contributed by atoms with van der Waals surface area (Å²) >= 11 is 7.64. The Morgan fingerprint density at radius 2 is 1.75 bits per heavy atom. The van der Waals surface area contributed by atoms with E-state index in [1.54, 1.807) is 0 Å². The molecule has 218 valence electrons. The Balaban J connectivity index is 1.30. The first-order valence-electron chi connectivity index (χ1n) is 13.7. The second-order valence-electron chi connectivity index (χ2n) is 11.5. The number of aliphatic hydroxyl groups is 1. The van der Waals surface area contributed by atoms with Crippen molar-refractivity contribution >= 4 is 44.9 Å². The van der Waals surface area contributed by atoms with Gasteiger partial charge in [-0.1, -0.05) is 71.9 Å². The van der Waals surface area contributed by atoms with Gasteiger partial charge in [0.1, 0.15) is 4.58 Å². The number of aliphatic hydroxyl groups excluding tert-OH is 1. The summed E-state index contributed by atoms with van der Waals surface area (Å²) in [5, 5.41) is 23.3. The van der Waals surface area contributed by atoms with E-state index in [0.717, 1.165) is 42.2 Å². The van der Waals surface area contributed by atoms with Crippen molar-refractivity contribution in [3.05, 3.63) is 75.1 Å². The average molecular weight is 607 g/mol. The van der Waals surface area contributed by atoms with Gasteiger partial charge < -0.3 is 15.5 Å². The predicted molar refractivity (Wildman–Crippen MR) is 163 cm³/mol. The number of halogens is 1. The van der Waals surface area contributed by atoms with Gasteiger partial charge in [0.05, 0.1) is 10.5 Å². The number of aryl methyl sites for hydroxylation is 1. The summed E-state index contributed by atoms with van der Waals surface area (Å²) in [5.41, 5.74) is 4.97. The molecular weight excluding hydrogens is 568 g/mol. The number of fused-ring (bicyclic) bond motifs is 1. The molecule has 0 fully saturated rings. The fraction of sp³-hybridized carbons (Fsp3) is 0.500. The molecule has 1 aliphatic carbocycles. The van der Waals surface area contributed by atoms with Crippen molar-refractivity contribution in [2.24, 2.45) is 5.92 Å². The molecule has 1 heterocycles. The minimum atomic E-state index is -3.76. The number of likely N-dealkylation sites (N-methyl/N-ethyl adjacent to an activating group) is 1. The zero-order valence-corrected chi connectivity index (χ0v) is 25.7. The van der Waals surface area contributed by atoms with Gasteiger partial charge in [-0.25, -0.2) is 12.7 Å². The summed E-state index contributed by atoms with van der Waals surface area (Å²) in [6.07, 6.45) is 2.75. The fourth-order valence-corrected chi connectivity index (χ4v) is 9.63. The lowest BCUT2D eigenvalue weighted by Gasteiger charge is -2.31. The molecule has 0 aromatic heterocycles. The molecule has 0 bridgehead atoms. The number of hydrogen-bond acceptors (Lipinski definition) is 6. The van der Waals surface area contributed by atoms with Crippen molar-refractivity contribution in [1.29, 1.82) is 0 Å². The number of nitrogens with one attached hydrogen (secondary N) is 1. The molecule has 0 radical (unpaired) electrons. The smallest absolute Gasteiger partial charge is 0.303 e. The number of β-amino-alcohol motifs (C(OH)–C–C–N with tert-alkyl or cyclic N) is 1. The van der Waals surface area contributed by atoms with Crippen molar-refractivity contribution in [2.75, 3.05) is 20.1 Å². The summed E-state index contributed by atoms with van der Waals surface area (Å²) in [5.74, 6) is -0.349. The molecule has 0 amide bonds. The molecule has 1 unspecified atom stereocenters. The molecule has 40 heavy (non-hydrogen) atoms. The van der Waals surface area contributed by atoms with Crippen LogP contribution in [0.1, 0.15) is 55.4 Å². The minimum Gasteiger partial charge on any atom is -0.481 e. The van der Waals surface area contributed by atoms with E-state index in [1.165, 1.54) is 22.5 Å². The highest BCUT2D eigenvalue weighted by Crippen LogP contribution is 2.48. The zero-order chi connectivity index (χ0) is 29.1.